The summed E-state index contributed by atoms with van der Waals surface area (Å²) >= 11 is 0. The zero-order chi connectivity index (χ0) is 8.55. The predicted molar refractivity (Wildman–Crippen MR) is 41.8 cm³/mol. The molecule has 2 rings (SSSR count). The van der Waals surface area contributed by atoms with Gasteiger partial charge in [-0.2, -0.15) is 4.98 Å². The maximum atomic E-state index is 5.40. The van der Waals surface area contributed by atoms with E-state index in [-0.39, 0.29) is 0 Å². The minimum Gasteiger partial charge on any atom is -0.378 e. The molecule has 1 fully saturated rings. The Balaban J connectivity index is 1.96. The van der Waals surface area contributed by atoms with Crippen molar-refractivity contribution in [1.29, 1.82) is 0 Å². The molecule has 1 aromatic rings. The molecule has 2 unspecified atom stereocenters. The van der Waals surface area contributed by atoms with Crippen LogP contribution in [-0.2, 0) is 4.74 Å². The molecule has 1 aliphatic carbocycles. The second-order valence-electron chi connectivity index (χ2n) is 3.02. The molecule has 0 radical (unpaired) electrons. The number of nitrogens with zero attached hydrogens (tertiary/aromatic N) is 2. The molecule has 12 heavy (non-hydrogen) atoms. The third kappa shape index (κ3) is 1.34. The van der Waals surface area contributed by atoms with Gasteiger partial charge in [0.05, 0.1) is 12.0 Å². The van der Waals surface area contributed by atoms with Crippen molar-refractivity contribution in [2.24, 2.45) is 0 Å². The first-order valence-corrected chi connectivity index (χ1v) is 4.23. The summed E-state index contributed by atoms with van der Waals surface area (Å²) in [6, 6.07) is 0. The number of hydrogen-bond acceptors (Lipinski definition) is 4. The molecule has 0 aliphatic heterocycles. The Hall–Kier alpha value is -0.900. The van der Waals surface area contributed by atoms with Gasteiger partial charge in [-0.3, -0.25) is 0 Å². The Morgan fingerprint density at radius 1 is 1.67 bits per heavy atom. The lowest BCUT2D eigenvalue weighted by atomic mass is 10.4. The van der Waals surface area contributed by atoms with E-state index in [9.17, 15) is 0 Å². The van der Waals surface area contributed by atoms with Gasteiger partial charge in [0.25, 0.3) is 0 Å². The Bertz CT molecular complexity index is 272. The zero-order valence-corrected chi connectivity index (χ0v) is 7.28. The third-order valence-electron chi connectivity index (χ3n) is 1.97. The molecule has 4 heteroatoms. The van der Waals surface area contributed by atoms with Crippen molar-refractivity contribution in [3.63, 3.8) is 0 Å². The number of aryl methyl sites for hydroxylation is 1. The molecule has 1 saturated carbocycles. The fourth-order valence-electron chi connectivity index (χ4n) is 1.29. The first kappa shape index (κ1) is 7.73. The lowest BCUT2D eigenvalue weighted by Gasteiger charge is -1.94. The molecule has 4 nitrogen and oxygen atoms in total. The lowest BCUT2D eigenvalue weighted by Crippen LogP contribution is -1.95. The van der Waals surface area contributed by atoms with Crippen molar-refractivity contribution < 1.29 is 9.26 Å². The van der Waals surface area contributed by atoms with Gasteiger partial charge in [0.15, 0.2) is 5.82 Å². The van der Waals surface area contributed by atoms with Crippen molar-refractivity contribution in [3.8, 4) is 0 Å². The van der Waals surface area contributed by atoms with E-state index >= 15 is 0 Å². The fourth-order valence-corrected chi connectivity index (χ4v) is 1.29. The van der Waals surface area contributed by atoms with E-state index in [1.807, 2.05) is 13.8 Å². The van der Waals surface area contributed by atoms with Crippen LogP contribution >= 0.6 is 0 Å². The monoisotopic (exact) mass is 168 g/mol. The summed E-state index contributed by atoms with van der Waals surface area (Å²) in [4.78, 5) is 4.15. The molecular formula is C8H12N2O2. The second-order valence-corrected chi connectivity index (χ2v) is 3.02. The molecule has 0 saturated heterocycles. The van der Waals surface area contributed by atoms with Gasteiger partial charge in [0, 0.05) is 6.61 Å². The Labute approximate surface area is 70.9 Å². The lowest BCUT2D eigenvalue weighted by molar-refractivity contribution is 0.125. The first-order valence-electron chi connectivity index (χ1n) is 4.23. The molecule has 66 valence electrons. The molecule has 0 spiro atoms. The molecular weight excluding hydrogens is 156 g/mol. The summed E-state index contributed by atoms with van der Waals surface area (Å²) in [5, 5.41) is 3.73. The van der Waals surface area contributed by atoms with E-state index in [1.54, 1.807) is 0 Å². The van der Waals surface area contributed by atoms with E-state index in [0.717, 1.165) is 18.9 Å². The van der Waals surface area contributed by atoms with Crippen molar-refractivity contribution in [1.82, 2.24) is 10.1 Å². The Morgan fingerprint density at radius 3 is 3.08 bits per heavy atom. The predicted octanol–water partition coefficient (Wildman–Crippen LogP) is 1.27. The maximum Gasteiger partial charge on any atom is 0.232 e. The topological polar surface area (TPSA) is 48.2 Å². The van der Waals surface area contributed by atoms with Gasteiger partial charge in [-0.15, -0.1) is 0 Å². The summed E-state index contributed by atoms with van der Waals surface area (Å²) in [5.74, 6) is 1.78. The number of ether oxygens (including phenoxy) is 1. The van der Waals surface area contributed by atoms with Crippen molar-refractivity contribution in [2.45, 2.75) is 32.3 Å². The molecule has 0 N–H and O–H groups in total. The number of rotatable bonds is 3. The van der Waals surface area contributed by atoms with Crippen LogP contribution in [0.3, 0.4) is 0 Å². The van der Waals surface area contributed by atoms with E-state index < -0.39 is 0 Å². The van der Waals surface area contributed by atoms with Crippen LogP contribution in [0.5, 0.6) is 0 Å². The quantitative estimate of drug-likeness (QED) is 0.682. The standard InChI is InChI=1S/C8H12N2O2/c1-3-11-7-4-6(7)8-9-5(2)10-12-8/h6-7H,3-4H2,1-2H3. The highest BCUT2D eigenvalue weighted by molar-refractivity contribution is 5.08. The summed E-state index contributed by atoms with van der Waals surface area (Å²) in [7, 11) is 0. The largest absolute Gasteiger partial charge is 0.378 e. The molecule has 2 atom stereocenters. The van der Waals surface area contributed by atoms with Crippen molar-refractivity contribution in [3.05, 3.63) is 11.7 Å². The summed E-state index contributed by atoms with van der Waals surface area (Å²) in [6.45, 7) is 4.58. The van der Waals surface area contributed by atoms with Gasteiger partial charge in [0.1, 0.15) is 0 Å². The van der Waals surface area contributed by atoms with Crippen LogP contribution in [0.4, 0.5) is 0 Å². The maximum absolute atomic E-state index is 5.40. The van der Waals surface area contributed by atoms with Crippen molar-refractivity contribution >= 4 is 0 Å². The second kappa shape index (κ2) is 2.86. The fraction of sp³-hybridized carbons (Fsp3) is 0.750. The van der Waals surface area contributed by atoms with E-state index in [4.69, 9.17) is 9.26 Å². The average Bonchev–Trinajstić information content (AvgIpc) is 2.67. The van der Waals surface area contributed by atoms with Crippen LogP contribution in [0.1, 0.15) is 31.0 Å². The van der Waals surface area contributed by atoms with Gasteiger partial charge in [0.2, 0.25) is 5.89 Å². The summed E-state index contributed by atoms with van der Waals surface area (Å²) < 4.78 is 10.4. The molecule has 0 aromatic carbocycles. The summed E-state index contributed by atoms with van der Waals surface area (Å²) in [5.41, 5.74) is 0. The van der Waals surface area contributed by atoms with Crippen LogP contribution in [0.25, 0.3) is 0 Å². The highest BCUT2D eigenvalue weighted by Crippen LogP contribution is 2.42. The molecule has 0 bridgehead atoms. The van der Waals surface area contributed by atoms with E-state index in [2.05, 4.69) is 10.1 Å². The minimum absolute atomic E-state index is 0.315. The zero-order valence-electron chi connectivity index (χ0n) is 7.28. The van der Waals surface area contributed by atoms with Gasteiger partial charge >= 0.3 is 0 Å². The van der Waals surface area contributed by atoms with Crippen LogP contribution in [-0.4, -0.2) is 22.9 Å². The first-order chi connectivity index (χ1) is 5.81. The van der Waals surface area contributed by atoms with Crippen LogP contribution in [0, 0.1) is 6.92 Å². The number of hydrogen-bond donors (Lipinski definition) is 0. The van der Waals surface area contributed by atoms with Crippen LogP contribution in [0.15, 0.2) is 4.52 Å². The van der Waals surface area contributed by atoms with Gasteiger partial charge in [-0.05, 0) is 20.3 Å². The highest BCUT2D eigenvalue weighted by atomic mass is 16.5. The SMILES string of the molecule is CCOC1CC1c1nc(C)no1. The van der Waals surface area contributed by atoms with E-state index in [0.29, 0.717) is 17.8 Å². The summed E-state index contributed by atoms with van der Waals surface area (Å²) in [6.07, 6.45) is 1.34. The van der Waals surface area contributed by atoms with Crippen LogP contribution < -0.4 is 0 Å². The molecule has 1 heterocycles. The van der Waals surface area contributed by atoms with E-state index in [1.165, 1.54) is 0 Å². The smallest absolute Gasteiger partial charge is 0.232 e. The van der Waals surface area contributed by atoms with Gasteiger partial charge < -0.3 is 9.26 Å². The molecule has 1 aliphatic rings. The minimum atomic E-state index is 0.315. The number of aromatic nitrogens is 2. The average molecular weight is 168 g/mol. The van der Waals surface area contributed by atoms with Crippen molar-refractivity contribution in [2.75, 3.05) is 6.61 Å². The Kier molecular flexibility index (Phi) is 1.84. The van der Waals surface area contributed by atoms with Gasteiger partial charge in [-0.25, -0.2) is 0 Å². The third-order valence-corrected chi connectivity index (χ3v) is 1.97. The molecule has 0 amide bonds. The van der Waals surface area contributed by atoms with Crippen LogP contribution in [0.2, 0.25) is 0 Å². The van der Waals surface area contributed by atoms with Gasteiger partial charge in [-0.1, -0.05) is 5.16 Å². The molecule has 1 aromatic heterocycles. The normalized spacial score (nSPS) is 27.5. The highest BCUT2D eigenvalue weighted by Gasteiger charge is 2.43. The Morgan fingerprint density at radius 2 is 2.50 bits per heavy atom.